The number of nitrogens with zero attached hydrogens (tertiary/aromatic N) is 2. The maximum atomic E-state index is 6.02. The first-order valence-electron chi connectivity index (χ1n) is 6.90. The van der Waals surface area contributed by atoms with Crippen molar-refractivity contribution >= 4 is 11.6 Å². The first kappa shape index (κ1) is 14.8. The zero-order chi connectivity index (χ0) is 14.5. The van der Waals surface area contributed by atoms with E-state index in [1.54, 1.807) is 6.07 Å². The van der Waals surface area contributed by atoms with Crippen molar-refractivity contribution in [3.05, 3.63) is 46.9 Å². The third-order valence-corrected chi connectivity index (χ3v) is 3.14. The van der Waals surface area contributed by atoms with Crippen molar-refractivity contribution in [2.45, 2.75) is 39.5 Å². The molecule has 20 heavy (non-hydrogen) atoms. The van der Waals surface area contributed by atoms with Crippen molar-refractivity contribution in [1.29, 1.82) is 0 Å². The second-order valence-corrected chi connectivity index (χ2v) is 5.38. The molecule has 0 radical (unpaired) electrons. The van der Waals surface area contributed by atoms with Crippen LogP contribution in [-0.2, 0) is 6.42 Å². The fourth-order valence-corrected chi connectivity index (χ4v) is 2.18. The molecular formula is C16H19ClN2O. The lowest BCUT2D eigenvalue weighted by atomic mass is 10.0. The van der Waals surface area contributed by atoms with Gasteiger partial charge in [0, 0.05) is 12.5 Å². The number of ether oxygens (including phenoxy) is 1. The van der Waals surface area contributed by atoms with Crippen molar-refractivity contribution < 1.29 is 4.74 Å². The van der Waals surface area contributed by atoms with Crippen molar-refractivity contribution in [2.75, 3.05) is 0 Å². The molecule has 0 fully saturated rings. The Morgan fingerprint density at radius 1 is 1.20 bits per heavy atom. The highest BCUT2D eigenvalue weighted by Gasteiger charge is 2.10. The van der Waals surface area contributed by atoms with Crippen LogP contribution in [0, 0.1) is 0 Å². The Balaban J connectivity index is 2.30. The van der Waals surface area contributed by atoms with Crippen LogP contribution in [0.4, 0.5) is 0 Å². The molecule has 0 amide bonds. The minimum absolute atomic E-state index is 0.388. The van der Waals surface area contributed by atoms with Gasteiger partial charge in [0.25, 0.3) is 0 Å². The van der Waals surface area contributed by atoms with Crippen LogP contribution in [0.2, 0.25) is 5.15 Å². The van der Waals surface area contributed by atoms with Gasteiger partial charge >= 0.3 is 0 Å². The molecule has 1 aromatic carbocycles. The van der Waals surface area contributed by atoms with Crippen molar-refractivity contribution in [2.24, 2.45) is 0 Å². The van der Waals surface area contributed by atoms with Crippen LogP contribution in [0.15, 0.2) is 30.3 Å². The molecule has 3 nitrogen and oxygen atoms in total. The van der Waals surface area contributed by atoms with Gasteiger partial charge in [-0.3, -0.25) is 0 Å². The lowest BCUT2D eigenvalue weighted by Gasteiger charge is -2.13. The van der Waals surface area contributed by atoms with Crippen LogP contribution in [0.5, 0.6) is 11.6 Å². The fraction of sp³-hybridized carbons (Fsp3) is 0.375. The molecule has 0 unspecified atom stereocenters. The van der Waals surface area contributed by atoms with Gasteiger partial charge in [0.2, 0.25) is 5.88 Å². The molecule has 106 valence electrons. The SMILES string of the molecule is CCCc1nc(Cl)cc(Oc2ccccc2C(C)C)n1. The number of benzene rings is 1. The van der Waals surface area contributed by atoms with E-state index in [1.165, 1.54) is 0 Å². The Bertz CT molecular complexity index is 584. The number of hydrogen-bond donors (Lipinski definition) is 0. The van der Waals surface area contributed by atoms with Crippen LogP contribution in [0.1, 0.15) is 44.5 Å². The van der Waals surface area contributed by atoms with E-state index >= 15 is 0 Å². The Hall–Kier alpha value is -1.61. The quantitative estimate of drug-likeness (QED) is 0.727. The summed E-state index contributed by atoms with van der Waals surface area (Å²) in [4.78, 5) is 8.60. The summed E-state index contributed by atoms with van der Waals surface area (Å²) < 4.78 is 5.90. The molecule has 1 aromatic heterocycles. The molecule has 2 aromatic rings. The third kappa shape index (κ3) is 3.70. The van der Waals surface area contributed by atoms with Gasteiger partial charge in [0.1, 0.15) is 16.7 Å². The summed E-state index contributed by atoms with van der Waals surface area (Å²) in [6.45, 7) is 6.36. The van der Waals surface area contributed by atoms with E-state index in [4.69, 9.17) is 16.3 Å². The smallest absolute Gasteiger partial charge is 0.224 e. The van der Waals surface area contributed by atoms with Gasteiger partial charge in [0.15, 0.2) is 0 Å². The van der Waals surface area contributed by atoms with E-state index in [9.17, 15) is 0 Å². The van der Waals surface area contributed by atoms with E-state index in [0.29, 0.717) is 17.0 Å². The molecule has 0 aliphatic rings. The monoisotopic (exact) mass is 290 g/mol. The zero-order valence-electron chi connectivity index (χ0n) is 12.1. The van der Waals surface area contributed by atoms with Gasteiger partial charge in [-0.2, -0.15) is 4.98 Å². The highest BCUT2D eigenvalue weighted by molar-refractivity contribution is 6.29. The van der Waals surface area contributed by atoms with Crippen LogP contribution >= 0.6 is 11.6 Å². The topological polar surface area (TPSA) is 35.0 Å². The van der Waals surface area contributed by atoms with Gasteiger partial charge in [-0.15, -0.1) is 0 Å². The number of hydrogen-bond acceptors (Lipinski definition) is 3. The van der Waals surface area contributed by atoms with E-state index in [1.807, 2.05) is 18.2 Å². The Morgan fingerprint density at radius 3 is 2.65 bits per heavy atom. The zero-order valence-corrected chi connectivity index (χ0v) is 12.8. The molecule has 1 heterocycles. The van der Waals surface area contributed by atoms with E-state index in [0.717, 1.165) is 30.0 Å². The van der Waals surface area contributed by atoms with Gasteiger partial charge in [-0.25, -0.2) is 4.98 Å². The number of aryl methyl sites for hydroxylation is 1. The first-order chi connectivity index (χ1) is 9.60. The van der Waals surface area contributed by atoms with Crippen molar-refractivity contribution in [3.63, 3.8) is 0 Å². The van der Waals surface area contributed by atoms with Crippen LogP contribution in [0.25, 0.3) is 0 Å². The Labute approximate surface area is 125 Å². The Morgan fingerprint density at radius 2 is 1.95 bits per heavy atom. The standard InChI is InChI=1S/C16H19ClN2O/c1-4-7-15-18-14(17)10-16(19-15)20-13-9-6-5-8-12(13)11(2)3/h5-6,8-11H,4,7H2,1-3H3. The van der Waals surface area contributed by atoms with E-state index in [-0.39, 0.29) is 0 Å². The van der Waals surface area contributed by atoms with Crippen LogP contribution in [-0.4, -0.2) is 9.97 Å². The minimum atomic E-state index is 0.388. The second kappa shape index (κ2) is 6.71. The van der Waals surface area contributed by atoms with Gasteiger partial charge < -0.3 is 4.74 Å². The lowest BCUT2D eigenvalue weighted by molar-refractivity contribution is 0.450. The maximum absolute atomic E-state index is 6.02. The first-order valence-corrected chi connectivity index (χ1v) is 7.28. The number of aromatic nitrogens is 2. The summed E-state index contributed by atoms with van der Waals surface area (Å²) in [5.41, 5.74) is 1.15. The molecule has 4 heteroatoms. The molecule has 0 spiro atoms. The predicted molar refractivity (Wildman–Crippen MR) is 81.6 cm³/mol. The van der Waals surface area contributed by atoms with Crippen LogP contribution < -0.4 is 4.74 Å². The molecule has 0 saturated carbocycles. The van der Waals surface area contributed by atoms with E-state index in [2.05, 4.69) is 36.8 Å². The summed E-state index contributed by atoms with van der Waals surface area (Å²) in [5.74, 6) is 2.43. The Kier molecular flexibility index (Phi) is 4.96. The highest BCUT2D eigenvalue weighted by Crippen LogP contribution is 2.30. The minimum Gasteiger partial charge on any atom is -0.439 e. The summed E-state index contributed by atoms with van der Waals surface area (Å²) in [6.07, 6.45) is 1.77. The summed E-state index contributed by atoms with van der Waals surface area (Å²) in [7, 11) is 0. The van der Waals surface area contributed by atoms with Gasteiger partial charge in [-0.05, 0) is 24.0 Å². The normalized spacial score (nSPS) is 10.8. The second-order valence-electron chi connectivity index (χ2n) is 4.99. The van der Waals surface area contributed by atoms with Crippen molar-refractivity contribution in [1.82, 2.24) is 9.97 Å². The lowest BCUT2D eigenvalue weighted by Crippen LogP contribution is -1.99. The number of para-hydroxylation sites is 1. The van der Waals surface area contributed by atoms with E-state index < -0.39 is 0 Å². The molecule has 0 saturated heterocycles. The maximum Gasteiger partial charge on any atom is 0.224 e. The summed E-state index contributed by atoms with van der Waals surface area (Å²) in [5, 5.41) is 0.417. The summed E-state index contributed by atoms with van der Waals surface area (Å²) >= 11 is 6.02. The highest BCUT2D eigenvalue weighted by atomic mass is 35.5. The average Bonchev–Trinajstić information content (AvgIpc) is 2.38. The van der Waals surface area contributed by atoms with Gasteiger partial charge in [-0.1, -0.05) is 50.6 Å². The summed E-state index contributed by atoms with van der Waals surface area (Å²) in [6, 6.07) is 9.63. The largest absolute Gasteiger partial charge is 0.439 e. The molecule has 0 atom stereocenters. The molecule has 0 N–H and O–H groups in total. The van der Waals surface area contributed by atoms with Crippen molar-refractivity contribution in [3.8, 4) is 11.6 Å². The fourth-order valence-electron chi connectivity index (χ4n) is 1.99. The number of halogens is 1. The predicted octanol–water partition coefficient (Wildman–Crippen LogP) is 5.00. The molecule has 0 aliphatic carbocycles. The molecular weight excluding hydrogens is 272 g/mol. The molecule has 2 rings (SSSR count). The molecule has 0 aliphatic heterocycles. The average molecular weight is 291 g/mol. The third-order valence-electron chi connectivity index (χ3n) is 2.95. The molecule has 0 bridgehead atoms. The number of rotatable bonds is 5. The van der Waals surface area contributed by atoms with Gasteiger partial charge in [0.05, 0.1) is 0 Å². The van der Waals surface area contributed by atoms with Crippen LogP contribution in [0.3, 0.4) is 0 Å².